The first-order valence-electron chi connectivity index (χ1n) is 9.13. The lowest BCUT2D eigenvalue weighted by atomic mass is 10.0. The number of Topliss-reactive ketones (excluding diaryl/α,β-unsaturated/α-hetero) is 1. The molecule has 1 N–H and O–H groups in total. The average Bonchev–Trinajstić information content (AvgIpc) is 3.28. The van der Waals surface area contributed by atoms with E-state index in [0.717, 1.165) is 28.1 Å². The zero-order valence-corrected chi connectivity index (χ0v) is 16.4. The second-order valence-corrected chi connectivity index (χ2v) is 7.05. The van der Waals surface area contributed by atoms with Crippen LogP contribution in [0.1, 0.15) is 32.7 Å². The maximum absolute atomic E-state index is 12.8. The molecule has 0 saturated heterocycles. The highest BCUT2D eigenvalue weighted by Gasteiger charge is 2.27. The topological polar surface area (TPSA) is 64.2 Å². The third kappa shape index (κ3) is 3.09. The number of nitrogens with zero attached hydrogens (tertiary/aromatic N) is 1. The molecule has 5 heteroatoms. The Balaban J connectivity index is 1.64. The lowest BCUT2D eigenvalue weighted by molar-refractivity contribution is 0.104. The fourth-order valence-corrected chi connectivity index (χ4v) is 3.50. The van der Waals surface area contributed by atoms with Gasteiger partial charge in [-0.1, -0.05) is 12.1 Å². The molecule has 0 bridgehead atoms. The predicted octanol–water partition coefficient (Wildman–Crippen LogP) is 4.53. The van der Waals surface area contributed by atoms with E-state index in [1.54, 1.807) is 20.3 Å². The molecule has 1 aliphatic rings. The number of carbonyl (C=O) groups is 1. The maximum Gasteiger partial charge on any atom is 0.189 e. The summed E-state index contributed by atoms with van der Waals surface area (Å²) in [5.74, 6) is 1.21. The molecule has 0 fully saturated rings. The van der Waals surface area contributed by atoms with Gasteiger partial charge in [0.15, 0.2) is 17.3 Å². The number of carbonyl (C=O) groups excluding carboxylic acids is 1. The summed E-state index contributed by atoms with van der Waals surface area (Å²) in [6, 6.07) is 11.9. The minimum Gasteiger partial charge on any atom is -0.493 e. The van der Waals surface area contributed by atoms with Crippen molar-refractivity contribution < 1.29 is 14.3 Å². The fraction of sp³-hybridized carbons (Fsp3) is 0.217. The number of ether oxygens (including phenoxy) is 2. The minimum atomic E-state index is 0.0123. The van der Waals surface area contributed by atoms with Gasteiger partial charge in [0.05, 0.1) is 25.6 Å². The molecule has 0 radical (unpaired) electrons. The normalized spacial score (nSPS) is 14.4. The second kappa shape index (κ2) is 7.00. The van der Waals surface area contributed by atoms with Crippen molar-refractivity contribution in [2.75, 3.05) is 14.2 Å². The van der Waals surface area contributed by atoms with Gasteiger partial charge in [0, 0.05) is 23.1 Å². The number of rotatable bonds is 4. The van der Waals surface area contributed by atoms with E-state index in [-0.39, 0.29) is 5.78 Å². The zero-order valence-electron chi connectivity index (χ0n) is 16.4. The molecule has 0 unspecified atom stereocenters. The first kappa shape index (κ1) is 18.0. The molecule has 0 amide bonds. The molecular weight excluding hydrogens is 352 g/mol. The smallest absolute Gasteiger partial charge is 0.189 e. The summed E-state index contributed by atoms with van der Waals surface area (Å²) in [4.78, 5) is 12.8. The number of H-pyrrole nitrogens is 1. The molecule has 2 aromatic carbocycles. The predicted molar refractivity (Wildman–Crippen MR) is 109 cm³/mol. The van der Waals surface area contributed by atoms with Gasteiger partial charge < -0.3 is 9.47 Å². The molecule has 142 valence electrons. The summed E-state index contributed by atoms with van der Waals surface area (Å²) in [5.41, 5.74) is 7.54. The Kier molecular flexibility index (Phi) is 4.51. The number of benzene rings is 2. The summed E-state index contributed by atoms with van der Waals surface area (Å²) in [7, 11) is 3.16. The van der Waals surface area contributed by atoms with Gasteiger partial charge in [-0.3, -0.25) is 9.89 Å². The molecule has 1 aliphatic carbocycles. The Bertz CT molecular complexity index is 1110. The monoisotopic (exact) mass is 374 g/mol. The number of ketones is 1. The number of nitrogens with one attached hydrogen (secondary N) is 1. The van der Waals surface area contributed by atoms with E-state index in [0.29, 0.717) is 23.5 Å². The van der Waals surface area contributed by atoms with Gasteiger partial charge in [-0.25, -0.2) is 0 Å². The lowest BCUT2D eigenvalue weighted by Gasteiger charge is -2.08. The van der Waals surface area contributed by atoms with Crippen LogP contribution in [0.15, 0.2) is 42.0 Å². The van der Waals surface area contributed by atoms with Crippen molar-refractivity contribution in [1.82, 2.24) is 10.2 Å². The van der Waals surface area contributed by atoms with Crippen LogP contribution in [0, 0.1) is 13.8 Å². The van der Waals surface area contributed by atoms with E-state index in [1.165, 1.54) is 11.1 Å². The van der Waals surface area contributed by atoms with Crippen molar-refractivity contribution in [3.8, 4) is 22.8 Å². The Morgan fingerprint density at radius 1 is 1.00 bits per heavy atom. The van der Waals surface area contributed by atoms with Crippen molar-refractivity contribution >= 4 is 11.9 Å². The first-order valence-corrected chi connectivity index (χ1v) is 9.13. The van der Waals surface area contributed by atoms with E-state index in [4.69, 9.17) is 9.47 Å². The molecule has 1 heterocycles. The van der Waals surface area contributed by atoms with Crippen molar-refractivity contribution in [2.24, 2.45) is 0 Å². The molecule has 5 nitrogen and oxygen atoms in total. The molecule has 0 spiro atoms. The number of aromatic amines is 1. The summed E-state index contributed by atoms with van der Waals surface area (Å²) in [6.45, 7) is 4.18. The third-order valence-electron chi connectivity index (χ3n) is 5.26. The van der Waals surface area contributed by atoms with E-state index >= 15 is 0 Å². The van der Waals surface area contributed by atoms with Crippen LogP contribution in [0.3, 0.4) is 0 Å². The molecule has 0 atom stereocenters. The van der Waals surface area contributed by atoms with Crippen LogP contribution >= 0.6 is 0 Å². The Hall–Kier alpha value is -3.34. The highest BCUT2D eigenvalue weighted by Crippen LogP contribution is 2.37. The van der Waals surface area contributed by atoms with Crippen LogP contribution in [0.5, 0.6) is 11.5 Å². The molecule has 4 rings (SSSR count). The largest absolute Gasteiger partial charge is 0.493 e. The van der Waals surface area contributed by atoms with E-state index in [1.807, 2.05) is 18.2 Å². The maximum atomic E-state index is 12.8. The summed E-state index contributed by atoms with van der Waals surface area (Å²) in [5, 5.41) is 7.44. The van der Waals surface area contributed by atoms with Crippen LogP contribution in [0.4, 0.5) is 0 Å². The Morgan fingerprint density at radius 2 is 1.75 bits per heavy atom. The van der Waals surface area contributed by atoms with Gasteiger partial charge in [-0.05, 0) is 60.9 Å². The molecule has 3 aromatic rings. The van der Waals surface area contributed by atoms with Crippen molar-refractivity contribution in [3.63, 3.8) is 0 Å². The van der Waals surface area contributed by atoms with Crippen molar-refractivity contribution in [2.45, 2.75) is 20.3 Å². The van der Waals surface area contributed by atoms with Crippen LogP contribution in [-0.2, 0) is 6.42 Å². The van der Waals surface area contributed by atoms with Gasteiger partial charge in [0.25, 0.3) is 0 Å². The lowest BCUT2D eigenvalue weighted by Crippen LogP contribution is -1.97. The highest BCUT2D eigenvalue weighted by atomic mass is 16.5. The van der Waals surface area contributed by atoms with Gasteiger partial charge in [0.1, 0.15) is 0 Å². The number of allylic oxidation sites excluding steroid dienone is 1. The molecule has 28 heavy (non-hydrogen) atoms. The van der Waals surface area contributed by atoms with E-state index < -0.39 is 0 Å². The van der Waals surface area contributed by atoms with Crippen molar-refractivity contribution in [1.29, 1.82) is 0 Å². The van der Waals surface area contributed by atoms with Gasteiger partial charge >= 0.3 is 0 Å². The number of methoxy groups -OCH3 is 2. The molecular formula is C23H22N2O3. The van der Waals surface area contributed by atoms with Crippen molar-refractivity contribution in [3.05, 3.63) is 69.9 Å². The number of fused-ring (bicyclic) bond motifs is 1. The summed E-state index contributed by atoms with van der Waals surface area (Å²) >= 11 is 0. The number of aromatic nitrogens is 2. The summed E-state index contributed by atoms with van der Waals surface area (Å²) < 4.78 is 10.7. The number of aryl methyl sites for hydroxylation is 2. The number of hydrogen-bond donors (Lipinski definition) is 1. The Morgan fingerprint density at radius 3 is 2.46 bits per heavy atom. The summed E-state index contributed by atoms with van der Waals surface area (Å²) in [6.07, 6.45) is 2.44. The van der Waals surface area contributed by atoms with Crippen LogP contribution < -0.4 is 9.47 Å². The zero-order chi connectivity index (χ0) is 19.8. The third-order valence-corrected chi connectivity index (χ3v) is 5.26. The molecule has 0 aliphatic heterocycles. The van der Waals surface area contributed by atoms with E-state index in [2.05, 4.69) is 42.2 Å². The highest BCUT2D eigenvalue weighted by molar-refractivity contribution is 6.15. The SMILES string of the molecule is COc1cc2c(cc1OC)C(=O)/C(=C/c1cc(-c3ccc(C)c(C)c3)n[nH]1)C2. The standard InChI is InChI=1S/C23H22N2O3/c1-13-5-6-15(7-14(13)2)20-11-18(24-25-20)9-17-8-16-10-21(27-3)22(28-4)12-19(16)23(17)26/h5-7,9-12H,8H2,1-4H3,(H,24,25)/b17-9+. The molecule has 0 saturated carbocycles. The van der Waals surface area contributed by atoms with E-state index in [9.17, 15) is 4.79 Å². The van der Waals surface area contributed by atoms with Gasteiger partial charge in [0.2, 0.25) is 0 Å². The minimum absolute atomic E-state index is 0.0123. The van der Waals surface area contributed by atoms with Crippen LogP contribution in [0.25, 0.3) is 17.3 Å². The Labute approximate surface area is 164 Å². The van der Waals surface area contributed by atoms with Gasteiger partial charge in [-0.2, -0.15) is 5.10 Å². The average molecular weight is 374 g/mol. The molecule has 1 aromatic heterocycles. The van der Waals surface area contributed by atoms with Gasteiger partial charge in [-0.15, -0.1) is 0 Å². The van der Waals surface area contributed by atoms with Crippen LogP contribution in [-0.4, -0.2) is 30.2 Å². The fourth-order valence-electron chi connectivity index (χ4n) is 3.50. The quantitative estimate of drug-likeness (QED) is 0.681. The second-order valence-electron chi connectivity index (χ2n) is 7.05. The number of hydrogen-bond acceptors (Lipinski definition) is 4. The first-order chi connectivity index (χ1) is 13.5. The van der Waals surface area contributed by atoms with Crippen LogP contribution in [0.2, 0.25) is 0 Å².